The normalized spacial score (nSPS) is 19.5. The maximum atomic E-state index is 13.5. The third-order valence-corrected chi connectivity index (χ3v) is 8.36. The van der Waals surface area contributed by atoms with E-state index in [9.17, 15) is 13.2 Å². The molecule has 32 heavy (non-hydrogen) atoms. The van der Waals surface area contributed by atoms with Gasteiger partial charge in [-0.1, -0.05) is 6.07 Å². The molecule has 1 aliphatic heterocycles. The standard InChI is InChI=1S/C23H31N3O5S/c1-22(2,3)31-21(27)25-16-14-23(15-16)9-12-26(13-10-23)32(28,29)19-7-5-6-18-17(19)8-11-24-20(18)30-4/h5-8,11,16H,9-10,12-15H2,1-4H3,(H,25,27). The highest BCUT2D eigenvalue weighted by molar-refractivity contribution is 7.89. The number of methoxy groups -OCH3 is 1. The van der Waals surface area contributed by atoms with E-state index in [0.717, 1.165) is 25.7 Å². The number of ether oxygens (including phenoxy) is 2. The number of piperidine rings is 1. The van der Waals surface area contributed by atoms with Crippen molar-refractivity contribution in [3.8, 4) is 5.88 Å². The highest BCUT2D eigenvalue weighted by atomic mass is 32.2. The first kappa shape index (κ1) is 22.8. The smallest absolute Gasteiger partial charge is 0.407 e. The SMILES string of the molecule is COc1nccc2c(S(=O)(=O)N3CCC4(CC3)CC(NC(=O)OC(C)(C)C)C4)cccc12. The lowest BCUT2D eigenvalue weighted by atomic mass is 9.60. The van der Waals surface area contributed by atoms with Gasteiger partial charge in [-0.15, -0.1) is 0 Å². The summed E-state index contributed by atoms with van der Waals surface area (Å²) in [7, 11) is -2.12. The van der Waals surface area contributed by atoms with Crippen LogP contribution in [0.25, 0.3) is 10.8 Å². The number of benzene rings is 1. The molecule has 0 bridgehead atoms. The lowest BCUT2D eigenvalue weighted by Gasteiger charge is -2.51. The Balaban J connectivity index is 1.41. The van der Waals surface area contributed by atoms with Gasteiger partial charge >= 0.3 is 6.09 Å². The molecule has 2 aromatic rings. The molecule has 1 saturated heterocycles. The van der Waals surface area contributed by atoms with Gasteiger partial charge in [-0.25, -0.2) is 18.2 Å². The molecular formula is C23H31N3O5S. The zero-order chi connectivity index (χ0) is 23.1. The first-order valence-corrected chi connectivity index (χ1v) is 12.4. The van der Waals surface area contributed by atoms with Gasteiger partial charge in [0, 0.05) is 36.1 Å². The summed E-state index contributed by atoms with van der Waals surface area (Å²) in [5.41, 5.74) is -0.426. The van der Waals surface area contributed by atoms with Crippen LogP contribution >= 0.6 is 0 Å². The van der Waals surface area contributed by atoms with E-state index in [1.807, 2.05) is 26.8 Å². The fraction of sp³-hybridized carbons (Fsp3) is 0.565. The molecule has 1 amide bonds. The van der Waals surface area contributed by atoms with E-state index in [2.05, 4.69) is 10.3 Å². The zero-order valence-electron chi connectivity index (χ0n) is 19.1. The number of aromatic nitrogens is 1. The largest absolute Gasteiger partial charge is 0.481 e. The van der Waals surface area contributed by atoms with Crippen LogP contribution in [0.3, 0.4) is 0 Å². The number of rotatable bonds is 4. The van der Waals surface area contributed by atoms with Crippen molar-refractivity contribution in [3.05, 3.63) is 30.5 Å². The molecule has 9 heteroatoms. The number of alkyl carbamates (subject to hydrolysis) is 1. The summed E-state index contributed by atoms with van der Waals surface area (Å²) < 4.78 is 39.1. The summed E-state index contributed by atoms with van der Waals surface area (Å²) in [5, 5.41) is 4.23. The minimum absolute atomic E-state index is 0.0889. The van der Waals surface area contributed by atoms with Crippen LogP contribution in [0, 0.1) is 5.41 Å². The summed E-state index contributed by atoms with van der Waals surface area (Å²) in [6.45, 7) is 6.47. The minimum Gasteiger partial charge on any atom is -0.481 e. The van der Waals surface area contributed by atoms with E-state index in [1.165, 1.54) is 7.11 Å². The number of carbonyl (C=O) groups is 1. The second-order valence-electron chi connectivity index (χ2n) is 9.83. The molecule has 0 atom stereocenters. The molecule has 0 unspecified atom stereocenters. The molecule has 1 spiro atoms. The highest BCUT2D eigenvalue weighted by Gasteiger charge is 2.48. The maximum absolute atomic E-state index is 13.5. The number of hydrogen-bond donors (Lipinski definition) is 1. The molecule has 2 aliphatic rings. The van der Waals surface area contributed by atoms with Gasteiger partial charge in [-0.05, 0) is 70.1 Å². The average Bonchev–Trinajstić information content (AvgIpc) is 2.70. The summed E-state index contributed by atoms with van der Waals surface area (Å²) in [6.07, 6.45) is 4.47. The Labute approximate surface area is 189 Å². The van der Waals surface area contributed by atoms with Gasteiger partial charge in [0.1, 0.15) is 5.60 Å². The molecule has 8 nitrogen and oxygen atoms in total. The maximum Gasteiger partial charge on any atom is 0.407 e. The lowest BCUT2D eigenvalue weighted by Crippen LogP contribution is -2.55. The molecule has 2 fully saturated rings. The number of hydrogen-bond acceptors (Lipinski definition) is 6. The number of amides is 1. The molecule has 1 aromatic heterocycles. The summed E-state index contributed by atoms with van der Waals surface area (Å²) in [5.74, 6) is 0.412. The van der Waals surface area contributed by atoms with Crippen molar-refractivity contribution >= 4 is 26.9 Å². The van der Waals surface area contributed by atoms with Crippen LogP contribution in [0.1, 0.15) is 46.5 Å². The number of sulfonamides is 1. The topological polar surface area (TPSA) is 97.8 Å². The monoisotopic (exact) mass is 461 g/mol. The van der Waals surface area contributed by atoms with Crippen LogP contribution in [0.4, 0.5) is 4.79 Å². The van der Waals surface area contributed by atoms with Gasteiger partial charge in [0.2, 0.25) is 15.9 Å². The number of pyridine rings is 1. The average molecular weight is 462 g/mol. The predicted octanol–water partition coefficient (Wildman–Crippen LogP) is 3.70. The van der Waals surface area contributed by atoms with E-state index >= 15 is 0 Å². The van der Waals surface area contributed by atoms with Gasteiger partial charge < -0.3 is 14.8 Å². The van der Waals surface area contributed by atoms with Crippen molar-refractivity contribution < 1.29 is 22.7 Å². The Hall–Kier alpha value is -2.39. The summed E-state index contributed by atoms with van der Waals surface area (Å²) in [4.78, 5) is 16.5. The van der Waals surface area contributed by atoms with Crippen molar-refractivity contribution in [1.82, 2.24) is 14.6 Å². The van der Waals surface area contributed by atoms with Crippen LogP contribution in [-0.4, -0.2) is 55.6 Å². The number of nitrogens with zero attached hydrogens (tertiary/aromatic N) is 2. The van der Waals surface area contributed by atoms with E-state index in [1.54, 1.807) is 28.7 Å². The Bertz CT molecular complexity index is 1110. The van der Waals surface area contributed by atoms with Crippen LogP contribution in [0.2, 0.25) is 0 Å². The first-order valence-electron chi connectivity index (χ1n) is 10.9. The Kier molecular flexibility index (Phi) is 5.83. The molecule has 1 saturated carbocycles. The van der Waals surface area contributed by atoms with Crippen molar-refractivity contribution in [2.75, 3.05) is 20.2 Å². The van der Waals surface area contributed by atoms with E-state index in [0.29, 0.717) is 29.7 Å². The van der Waals surface area contributed by atoms with Crippen molar-refractivity contribution in [2.45, 2.75) is 63.0 Å². The number of nitrogens with one attached hydrogen (secondary N) is 1. The van der Waals surface area contributed by atoms with Crippen molar-refractivity contribution in [2.24, 2.45) is 5.41 Å². The molecule has 174 valence electrons. The number of fused-ring (bicyclic) bond motifs is 1. The fourth-order valence-corrected chi connectivity index (χ4v) is 6.50. The third kappa shape index (κ3) is 4.41. The van der Waals surface area contributed by atoms with Crippen LogP contribution in [0.15, 0.2) is 35.4 Å². The van der Waals surface area contributed by atoms with Crippen LogP contribution in [0.5, 0.6) is 5.88 Å². The van der Waals surface area contributed by atoms with Gasteiger partial charge in [0.25, 0.3) is 0 Å². The van der Waals surface area contributed by atoms with Gasteiger partial charge in [-0.3, -0.25) is 0 Å². The number of carbonyl (C=O) groups excluding carboxylic acids is 1. The quantitative estimate of drug-likeness (QED) is 0.746. The Morgan fingerprint density at radius 2 is 1.84 bits per heavy atom. The molecule has 1 N–H and O–H groups in total. The van der Waals surface area contributed by atoms with E-state index in [4.69, 9.17) is 9.47 Å². The van der Waals surface area contributed by atoms with Gasteiger partial charge in [-0.2, -0.15) is 4.31 Å². The van der Waals surface area contributed by atoms with Gasteiger partial charge in [0.15, 0.2) is 0 Å². The Morgan fingerprint density at radius 3 is 2.47 bits per heavy atom. The summed E-state index contributed by atoms with van der Waals surface area (Å²) >= 11 is 0. The second-order valence-corrected chi connectivity index (χ2v) is 11.7. The summed E-state index contributed by atoms with van der Waals surface area (Å²) in [6, 6.07) is 6.99. The predicted molar refractivity (Wildman–Crippen MR) is 121 cm³/mol. The second kappa shape index (κ2) is 8.19. The zero-order valence-corrected chi connectivity index (χ0v) is 19.9. The van der Waals surface area contributed by atoms with Crippen molar-refractivity contribution in [1.29, 1.82) is 0 Å². The molecule has 0 radical (unpaired) electrons. The lowest BCUT2D eigenvalue weighted by molar-refractivity contribution is 0.0112. The third-order valence-electron chi connectivity index (χ3n) is 6.40. The molecule has 2 heterocycles. The Morgan fingerprint density at radius 1 is 1.16 bits per heavy atom. The van der Waals surface area contributed by atoms with Gasteiger partial charge in [0.05, 0.1) is 12.0 Å². The van der Waals surface area contributed by atoms with E-state index < -0.39 is 21.7 Å². The fourth-order valence-electron chi connectivity index (χ4n) is 4.85. The molecule has 1 aromatic carbocycles. The van der Waals surface area contributed by atoms with E-state index in [-0.39, 0.29) is 16.4 Å². The first-order chi connectivity index (χ1) is 15.0. The van der Waals surface area contributed by atoms with Crippen LogP contribution < -0.4 is 10.1 Å². The molecule has 4 rings (SSSR count). The highest BCUT2D eigenvalue weighted by Crippen LogP contribution is 2.49. The molecule has 1 aliphatic carbocycles. The minimum atomic E-state index is -3.64. The van der Waals surface area contributed by atoms with Crippen LogP contribution in [-0.2, 0) is 14.8 Å². The van der Waals surface area contributed by atoms with Crippen molar-refractivity contribution in [3.63, 3.8) is 0 Å². The molecular weight excluding hydrogens is 430 g/mol.